The van der Waals surface area contributed by atoms with Crippen molar-refractivity contribution in [3.63, 3.8) is 0 Å². The van der Waals surface area contributed by atoms with Crippen LogP contribution in [0.25, 0.3) is 0 Å². The SMILES string of the molecule is CCCOC(C)(C)C(=O)C(C)C. The van der Waals surface area contributed by atoms with Crippen LogP contribution < -0.4 is 0 Å². The lowest BCUT2D eigenvalue weighted by Crippen LogP contribution is -2.38. The molecule has 2 heteroatoms. The van der Waals surface area contributed by atoms with Crippen molar-refractivity contribution in [3.05, 3.63) is 0 Å². The first-order valence-electron chi connectivity index (χ1n) is 4.60. The van der Waals surface area contributed by atoms with Crippen molar-refractivity contribution < 1.29 is 9.53 Å². The zero-order valence-corrected chi connectivity index (χ0v) is 8.81. The van der Waals surface area contributed by atoms with Gasteiger partial charge in [0.15, 0.2) is 5.78 Å². The van der Waals surface area contributed by atoms with E-state index in [4.69, 9.17) is 4.74 Å². The summed E-state index contributed by atoms with van der Waals surface area (Å²) in [6.07, 6.45) is 0.953. The van der Waals surface area contributed by atoms with Gasteiger partial charge < -0.3 is 4.74 Å². The monoisotopic (exact) mass is 172 g/mol. The van der Waals surface area contributed by atoms with E-state index >= 15 is 0 Å². The van der Waals surface area contributed by atoms with Crippen LogP contribution in [0.15, 0.2) is 0 Å². The lowest BCUT2D eigenvalue weighted by atomic mass is 9.94. The molecule has 0 saturated heterocycles. The molecule has 0 aromatic heterocycles. The molecule has 0 aliphatic carbocycles. The summed E-state index contributed by atoms with van der Waals surface area (Å²) in [5, 5.41) is 0. The number of carbonyl (C=O) groups excluding carboxylic acids is 1. The Morgan fingerprint density at radius 2 is 1.92 bits per heavy atom. The van der Waals surface area contributed by atoms with E-state index in [-0.39, 0.29) is 11.7 Å². The Kier molecular flexibility index (Phi) is 4.46. The van der Waals surface area contributed by atoms with Gasteiger partial charge in [0.05, 0.1) is 0 Å². The molecule has 12 heavy (non-hydrogen) atoms. The number of hydrogen-bond donors (Lipinski definition) is 0. The molecule has 0 aromatic rings. The van der Waals surface area contributed by atoms with Gasteiger partial charge in [0.25, 0.3) is 0 Å². The molecule has 0 saturated carbocycles. The van der Waals surface area contributed by atoms with Crippen molar-refractivity contribution in [2.75, 3.05) is 6.61 Å². The van der Waals surface area contributed by atoms with Gasteiger partial charge in [-0.3, -0.25) is 4.79 Å². The molecule has 0 rings (SSSR count). The summed E-state index contributed by atoms with van der Waals surface area (Å²) in [6, 6.07) is 0. The minimum atomic E-state index is -0.607. The minimum absolute atomic E-state index is 0.0526. The molecule has 0 atom stereocenters. The number of rotatable bonds is 5. The highest BCUT2D eigenvalue weighted by Crippen LogP contribution is 2.16. The average molecular weight is 172 g/mol. The molecule has 0 heterocycles. The predicted molar refractivity (Wildman–Crippen MR) is 50.2 cm³/mol. The third-order valence-electron chi connectivity index (χ3n) is 1.78. The lowest BCUT2D eigenvalue weighted by molar-refractivity contribution is -0.143. The van der Waals surface area contributed by atoms with Gasteiger partial charge in [-0.1, -0.05) is 20.8 Å². The summed E-state index contributed by atoms with van der Waals surface area (Å²) in [5.74, 6) is 0.229. The molecule has 0 amide bonds. The second kappa shape index (κ2) is 4.61. The van der Waals surface area contributed by atoms with Gasteiger partial charge in [-0.2, -0.15) is 0 Å². The minimum Gasteiger partial charge on any atom is -0.368 e. The molecular formula is C10H20O2. The molecule has 2 nitrogen and oxygen atoms in total. The number of hydrogen-bond acceptors (Lipinski definition) is 2. The third kappa shape index (κ3) is 3.35. The van der Waals surface area contributed by atoms with E-state index in [1.165, 1.54) is 0 Å². The van der Waals surface area contributed by atoms with Gasteiger partial charge >= 0.3 is 0 Å². The summed E-state index contributed by atoms with van der Waals surface area (Å²) in [4.78, 5) is 11.5. The Balaban J connectivity index is 4.09. The fourth-order valence-corrected chi connectivity index (χ4v) is 1.12. The van der Waals surface area contributed by atoms with E-state index in [1.807, 2.05) is 34.6 Å². The van der Waals surface area contributed by atoms with Crippen LogP contribution in [0.2, 0.25) is 0 Å². The second-order valence-electron chi connectivity index (χ2n) is 3.88. The van der Waals surface area contributed by atoms with E-state index in [0.717, 1.165) is 6.42 Å². The van der Waals surface area contributed by atoms with Crippen molar-refractivity contribution in [1.82, 2.24) is 0 Å². The molecule has 0 N–H and O–H groups in total. The summed E-state index contributed by atoms with van der Waals surface area (Å²) in [6.45, 7) is 10.2. The Morgan fingerprint density at radius 3 is 2.25 bits per heavy atom. The van der Waals surface area contributed by atoms with Crippen LogP contribution in [0, 0.1) is 5.92 Å². The highest BCUT2D eigenvalue weighted by Gasteiger charge is 2.29. The Morgan fingerprint density at radius 1 is 1.42 bits per heavy atom. The van der Waals surface area contributed by atoms with Gasteiger partial charge in [-0.05, 0) is 20.3 Å². The highest BCUT2D eigenvalue weighted by atomic mass is 16.5. The summed E-state index contributed by atoms with van der Waals surface area (Å²) < 4.78 is 5.45. The number of carbonyl (C=O) groups is 1. The fraction of sp³-hybridized carbons (Fsp3) is 0.900. The maximum Gasteiger partial charge on any atom is 0.166 e. The van der Waals surface area contributed by atoms with Crippen LogP contribution in [0.1, 0.15) is 41.0 Å². The molecule has 0 radical (unpaired) electrons. The zero-order chi connectivity index (χ0) is 9.78. The van der Waals surface area contributed by atoms with Crippen LogP contribution in [-0.4, -0.2) is 18.0 Å². The fourth-order valence-electron chi connectivity index (χ4n) is 1.12. The van der Waals surface area contributed by atoms with Gasteiger partial charge in [-0.15, -0.1) is 0 Å². The number of Topliss-reactive ketones (excluding diaryl/α,β-unsaturated/α-hetero) is 1. The molecule has 0 fully saturated rings. The van der Waals surface area contributed by atoms with Crippen molar-refractivity contribution in [2.45, 2.75) is 46.6 Å². The van der Waals surface area contributed by atoms with E-state index in [2.05, 4.69) is 0 Å². The standard InChI is InChI=1S/C10H20O2/c1-6-7-12-10(4,5)9(11)8(2)3/h8H,6-7H2,1-5H3. The molecular weight excluding hydrogens is 152 g/mol. The predicted octanol–water partition coefficient (Wildman–Crippen LogP) is 2.42. The van der Waals surface area contributed by atoms with E-state index < -0.39 is 5.60 Å². The maximum atomic E-state index is 11.5. The molecule has 0 unspecified atom stereocenters. The van der Waals surface area contributed by atoms with Crippen molar-refractivity contribution in [2.24, 2.45) is 5.92 Å². The topological polar surface area (TPSA) is 26.3 Å². The lowest BCUT2D eigenvalue weighted by Gasteiger charge is -2.25. The van der Waals surface area contributed by atoms with Crippen molar-refractivity contribution in [3.8, 4) is 0 Å². The van der Waals surface area contributed by atoms with Gasteiger partial charge in [0.2, 0.25) is 0 Å². The smallest absolute Gasteiger partial charge is 0.166 e. The maximum absolute atomic E-state index is 11.5. The summed E-state index contributed by atoms with van der Waals surface area (Å²) >= 11 is 0. The van der Waals surface area contributed by atoms with E-state index in [1.54, 1.807) is 0 Å². The first-order chi connectivity index (χ1) is 5.41. The Hall–Kier alpha value is -0.370. The first-order valence-corrected chi connectivity index (χ1v) is 4.60. The van der Waals surface area contributed by atoms with Gasteiger partial charge in [0, 0.05) is 12.5 Å². The van der Waals surface area contributed by atoms with Crippen molar-refractivity contribution >= 4 is 5.78 Å². The summed E-state index contributed by atoms with van der Waals surface area (Å²) in [5.41, 5.74) is -0.607. The van der Waals surface area contributed by atoms with Crippen LogP contribution in [0.3, 0.4) is 0 Å². The molecule has 0 bridgehead atoms. The second-order valence-corrected chi connectivity index (χ2v) is 3.88. The highest BCUT2D eigenvalue weighted by molar-refractivity contribution is 5.88. The Bertz CT molecular complexity index is 148. The molecule has 0 aromatic carbocycles. The van der Waals surface area contributed by atoms with Crippen LogP contribution in [-0.2, 0) is 9.53 Å². The largest absolute Gasteiger partial charge is 0.368 e. The van der Waals surface area contributed by atoms with Crippen LogP contribution in [0.5, 0.6) is 0 Å². The molecule has 0 spiro atoms. The average Bonchev–Trinajstić information content (AvgIpc) is 1.99. The first kappa shape index (κ1) is 11.6. The molecule has 0 aliphatic heterocycles. The molecule has 0 aliphatic rings. The van der Waals surface area contributed by atoms with Crippen LogP contribution >= 0.6 is 0 Å². The quantitative estimate of drug-likeness (QED) is 0.636. The Labute approximate surface area is 75.3 Å². The van der Waals surface area contributed by atoms with Gasteiger partial charge in [0.1, 0.15) is 5.60 Å². The van der Waals surface area contributed by atoms with Gasteiger partial charge in [-0.25, -0.2) is 0 Å². The summed E-state index contributed by atoms with van der Waals surface area (Å²) in [7, 11) is 0. The number of ketones is 1. The third-order valence-corrected chi connectivity index (χ3v) is 1.78. The van der Waals surface area contributed by atoms with E-state index in [0.29, 0.717) is 6.61 Å². The van der Waals surface area contributed by atoms with Crippen molar-refractivity contribution in [1.29, 1.82) is 0 Å². The normalized spacial score (nSPS) is 12.2. The van der Waals surface area contributed by atoms with Crippen LogP contribution in [0.4, 0.5) is 0 Å². The molecule has 72 valence electrons. The zero-order valence-electron chi connectivity index (χ0n) is 8.81. The van der Waals surface area contributed by atoms with E-state index in [9.17, 15) is 4.79 Å². The number of ether oxygens (including phenoxy) is 1.